The molecule has 0 heteroatoms. The number of aryl methyl sites for hydroxylation is 1. The third kappa shape index (κ3) is 13.0. The van der Waals surface area contributed by atoms with Crippen molar-refractivity contribution in [1.29, 1.82) is 0 Å². The van der Waals surface area contributed by atoms with Crippen molar-refractivity contribution >= 4 is 0 Å². The van der Waals surface area contributed by atoms with Crippen LogP contribution in [-0.4, -0.2) is 0 Å². The minimum atomic E-state index is 0.898. The Balaban J connectivity index is 0. The highest BCUT2D eigenvalue weighted by Crippen LogP contribution is 2.03. The van der Waals surface area contributed by atoms with Gasteiger partial charge in [0, 0.05) is 0 Å². The molecule has 1 rings (SSSR count). The van der Waals surface area contributed by atoms with Crippen LogP contribution in [0.1, 0.15) is 58.6 Å². The summed E-state index contributed by atoms with van der Waals surface area (Å²) in [5.74, 6) is 0.898. The smallest absolute Gasteiger partial charge is 0.0100 e. The molecule has 104 valence electrons. The number of rotatable bonds is 4. The second-order valence-electron chi connectivity index (χ2n) is 4.66. The zero-order valence-electron chi connectivity index (χ0n) is 13.3. The van der Waals surface area contributed by atoms with Crippen LogP contribution >= 0.6 is 0 Å². The summed E-state index contributed by atoms with van der Waals surface area (Å²) in [6, 6.07) is 8.52. The van der Waals surface area contributed by atoms with Gasteiger partial charge in [-0.3, -0.25) is 0 Å². The van der Waals surface area contributed by atoms with Crippen LogP contribution in [-0.2, 0) is 6.42 Å². The monoisotopic (exact) mass is 248 g/mol. The van der Waals surface area contributed by atoms with E-state index in [1.807, 2.05) is 19.9 Å². The van der Waals surface area contributed by atoms with Crippen molar-refractivity contribution in [3.8, 4) is 0 Å². The summed E-state index contributed by atoms with van der Waals surface area (Å²) in [5.41, 5.74) is 2.65. The number of hydrogen-bond acceptors (Lipinski definition) is 0. The van der Waals surface area contributed by atoms with Gasteiger partial charge in [-0.05, 0) is 24.8 Å². The molecule has 0 heterocycles. The summed E-state index contributed by atoms with van der Waals surface area (Å²) >= 11 is 0. The van der Waals surface area contributed by atoms with Gasteiger partial charge in [-0.1, -0.05) is 83.4 Å². The lowest BCUT2D eigenvalue weighted by Gasteiger charge is -1.95. The molecule has 0 radical (unpaired) electrons. The second kappa shape index (κ2) is 14.0. The van der Waals surface area contributed by atoms with Crippen molar-refractivity contribution in [1.82, 2.24) is 0 Å². The molecule has 0 unspecified atom stereocenters. The Kier molecular flexibility index (Phi) is 15.0. The Hall–Kier alpha value is -1.04. The van der Waals surface area contributed by atoms with Gasteiger partial charge in [0.15, 0.2) is 0 Å². The number of hydrogen-bond donors (Lipinski definition) is 0. The van der Waals surface area contributed by atoms with Crippen LogP contribution in [0.2, 0.25) is 0 Å². The third-order valence-electron chi connectivity index (χ3n) is 2.37. The minimum absolute atomic E-state index is 0.898. The predicted octanol–water partition coefficient (Wildman–Crippen LogP) is 6.19. The highest BCUT2D eigenvalue weighted by molar-refractivity contribution is 5.22. The molecule has 1 aromatic carbocycles. The summed E-state index contributed by atoms with van der Waals surface area (Å²) in [4.78, 5) is 0. The van der Waals surface area contributed by atoms with Crippen molar-refractivity contribution in [2.24, 2.45) is 5.92 Å². The van der Waals surface area contributed by atoms with Gasteiger partial charge in [0.2, 0.25) is 0 Å². The molecule has 0 amide bonds. The van der Waals surface area contributed by atoms with E-state index in [9.17, 15) is 0 Å². The third-order valence-corrected chi connectivity index (χ3v) is 2.37. The first-order chi connectivity index (χ1) is 8.60. The van der Waals surface area contributed by atoms with Gasteiger partial charge in [-0.2, -0.15) is 0 Å². The molecule has 0 aliphatic heterocycles. The second-order valence-corrected chi connectivity index (χ2v) is 4.66. The first-order valence-electron chi connectivity index (χ1n) is 7.26. The van der Waals surface area contributed by atoms with Crippen LogP contribution in [0, 0.1) is 12.8 Å². The molecule has 0 nitrogen and oxygen atoms in total. The van der Waals surface area contributed by atoms with Crippen LogP contribution in [0.5, 0.6) is 0 Å². The van der Waals surface area contributed by atoms with Crippen LogP contribution in [0.3, 0.4) is 0 Å². The number of benzene rings is 1. The Labute approximate surface area is 115 Å². The molecule has 0 saturated carbocycles. The Morgan fingerprint density at radius 2 is 1.61 bits per heavy atom. The van der Waals surface area contributed by atoms with Gasteiger partial charge >= 0.3 is 0 Å². The van der Waals surface area contributed by atoms with Crippen molar-refractivity contribution in [2.45, 2.75) is 60.8 Å². The van der Waals surface area contributed by atoms with Crippen LogP contribution < -0.4 is 0 Å². The summed E-state index contributed by atoms with van der Waals surface area (Å²) in [6.45, 7) is 16.5. The van der Waals surface area contributed by atoms with E-state index in [-0.39, 0.29) is 0 Å². The molecule has 18 heavy (non-hydrogen) atoms. The van der Waals surface area contributed by atoms with Gasteiger partial charge < -0.3 is 0 Å². The molecule has 0 aromatic heterocycles. The maximum atomic E-state index is 3.68. The van der Waals surface area contributed by atoms with Gasteiger partial charge in [0.05, 0.1) is 0 Å². The fraction of sp³-hybridized carbons (Fsp3) is 0.556. The molecule has 0 atom stereocenters. The highest BCUT2D eigenvalue weighted by Gasteiger charge is 1.86. The first kappa shape index (κ1) is 19.3. The van der Waals surface area contributed by atoms with Crippen molar-refractivity contribution in [2.75, 3.05) is 0 Å². The molecular formula is C18H32. The predicted molar refractivity (Wildman–Crippen MR) is 86.2 cm³/mol. The van der Waals surface area contributed by atoms with E-state index in [0.29, 0.717) is 0 Å². The molecule has 1 aromatic rings. The maximum absolute atomic E-state index is 3.68. The van der Waals surface area contributed by atoms with Crippen molar-refractivity contribution in [3.05, 3.63) is 48.0 Å². The van der Waals surface area contributed by atoms with E-state index in [4.69, 9.17) is 0 Å². The Bertz CT molecular complexity index is 267. The standard InChI is InChI=1S/C10H12.C6H14.C2H6/c1-3-4-10-7-5-9(2)6-8-10;1-4-5-6(2)3;1-2/h3,5-8H,1,4H2,2H3;6H,4-5H2,1-3H3;1-2H3. The van der Waals surface area contributed by atoms with E-state index in [1.165, 1.54) is 24.0 Å². The summed E-state index contributed by atoms with van der Waals surface area (Å²) in [6.07, 6.45) is 5.60. The maximum Gasteiger partial charge on any atom is -0.0100 e. The quantitative estimate of drug-likeness (QED) is 0.557. The van der Waals surface area contributed by atoms with E-state index in [2.05, 4.69) is 58.5 Å². The Morgan fingerprint density at radius 1 is 1.11 bits per heavy atom. The number of allylic oxidation sites excluding steroid dienone is 1. The molecule has 0 spiro atoms. The average Bonchev–Trinajstić information content (AvgIpc) is 2.36. The topological polar surface area (TPSA) is 0 Å². The molecular weight excluding hydrogens is 216 g/mol. The molecule has 0 aliphatic rings. The highest BCUT2D eigenvalue weighted by atomic mass is 13.9. The lowest BCUT2D eigenvalue weighted by atomic mass is 10.1. The summed E-state index contributed by atoms with van der Waals surface area (Å²) in [7, 11) is 0. The fourth-order valence-electron chi connectivity index (χ4n) is 1.47. The average molecular weight is 248 g/mol. The fourth-order valence-corrected chi connectivity index (χ4v) is 1.47. The zero-order valence-corrected chi connectivity index (χ0v) is 13.3. The van der Waals surface area contributed by atoms with Gasteiger partial charge in [-0.25, -0.2) is 0 Å². The van der Waals surface area contributed by atoms with Gasteiger partial charge in [-0.15, -0.1) is 6.58 Å². The summed E-state index contributed by atoms with van der Waals surface area (Å²) in [5, 5.41) is 0. The summed E-state index contributed by atoms with van der Waals surface area (Å²) < 4.78 is 0. The van der Waals surface area contributed by atoms with E-state index >= 15 is 0 Å². The van der Waals surface area contributed by atoms with Gasteiger partial charge in [0.25, 0.3) is 0 Å². The molecule has 0 bridgehead atoms. The molecule has 0 saturated heterocycles. The van der Waals surface area contributed by atoms with Crippen LogP contribution in [0.25, 0.3) is 0 Å². The Morgan fingerprint density at radius 3 is 1.89 bits per heavy atom. The first-order valence-corrected chi connectivity index (χ1v) is 7.26. The van der Waals surface area contributed by atoms with Gasteiger partial charge in [0.1, 0.15) is 0 Å². The lowest BCUT2D eigenvalue weighted by Crippen LogP contribution is -1.81. The normalized spacial score (nSPS) is 8.83. The van der Waals surface area contributed by atoms with Crippen LogP contribution in [0.15, 0.2) is 36.9 Å². The molecule has 0 fully saturated rings. The molecule has 0 N–H and O–H groups in total. The van der Waals surface area contributed by atoms with Crippen molar-refractivity contribution < 1.29 is 0 Å². The van der Waals surface area contributed by atoms with E-state index < -0.39 is 0 Å². The zero-order chi connectivity index (χ0) is 14.4. The SMILES string of the molecule is C=CCc1ccc(C)cc1.CC.CCCC(C)C. The van der Waals surface area contributed by atoms with Crippen LogP contribution in [0.4, 0.5) is 0 Å². The van der Waals surface area contributed by atoms with E-state index in [0.717, 1.165) is 12.3 Å². The van der Waals surface area contributed by atoms with Crippen molar-refractivity contribution in [3.63, 3.8) is 0 Å². The lowest BCUT2D eigenvalue weighted by molar-refractivity contribution is 0.576. The molecule has 0 aliphatic carbocycles. The van der Waals surface area contributed by atoms with E-state index in [1.54, 1.807) is 0 Å². The largest absolute Gasteiger partial charge is 0.103 e. The minimum Gasteiger partial charge on any atom is -0.103 e.